The Hall–Kier alpha value is -3.13. The second kappa shape index (κ2) is 7.71. The van der Waals surface area contributed by atoms with Crippen molar-refractivity contribution in [3.8, 4) is 10.9 Å². The van der Waals surface area contributed by atoms with Gasteiger partial charge in [-0.15, -0.1) is 11.3 Å². The van der Waals surface area contributed by atoms with E-state index in [9.17, 15) is 9.59 Å². The molecule has 8 heteroatoms. The van der Waals surface area contributed by atoms with Crippen LogP contribution in [0, 0.1) is 13.8 Å². The fourth-order valence-corrected chi connectivity index (χ4v) is 4.44. The van der Waals surface area contributed by atoms with Crippen LogP contribution in [-0.4, -0.2) is 35.0 Å². The van der Waals surface area contributed by atoms with Crippen LogP contribution < -0.4 is 15.0 Å². The Morgan fingerprint density at radius 2 is 2.10 bits per heavy atom. The molecule has 150 valence electrons. The molecule has 0 atom stereocenters. The average Bonchev–Trinajstić information content (AvgIpc) is 3.43. The maximum atomic E-state index is 12.9. The van der Waals surface area contributed by atoms with Crippen molar-refractivity contribution in [1.29, 1.82) is 0 Å². The number of carbonyl (C=O) groups excluding carboxylic acids is 2. The summed E-state index contributed by atoms with van der Waals surface area (Å²) in [5, 5.41) is 5.68. The van der Waals surface area contributed by atoms with Gasteiger partial charge in [0.2, 0.25) is 5.91 Å². The number of carbonyl (C=O) groups is 2. The molecule has 1 fully saturated rings. The third-order valence-corrected chi connectivity index (χ3v) is 5.84. The lowest BCUT2D eigenvalue weighted by Crippen LogP contribution is -2.24. The summed E-state index contributed by atoms with van der Waals surface area (Å²) >= 11 is 1.52. The van der Waals surface area contributed by atoms with Gasteiger partial charge in [0, 0.05) is 47.7 Å². The molecule has 0 unspecified atom stereocenters. The van der Waals surface area contributed by atoms with Crippen LogP contribution in [0.5, 0.6) is 5.75 Å². The van der Waals surface area contributed by atoms with Crippen molar-refractivity contribution in [3.63, 3.8) is 0 Å². The smallest absolute Gasteiger partial charge is 0.257 e. The number of aromatic nitrogens is 2. The van der Waals surface area contributed by atoms with Gasteiger partial charge in [0.05, 0.1) is 18.4 Å². The van der Waals surface area contributed by atoms with Crippen LogP contribution in [0.3, 0.4) is 0 Å². The molecule has 1 aliphatic rings. The van der Waals surface area contributed by atoms with E-state index < -0.39 is 0 Å². The zero-order valence-electron chi connectivity index (χ0n) is 16.6. The average molecular weight is 410 g/mol. The topological polar surface area (TPSA) is 76.5 Å². The van der Waals surface area contributed by atoms with Gasteiger partial charge in [-0.05, 0) is 38.5 Å². The SMILES string of the molecule is COc1cc(NC(=O)c2cc(C)n(-c3nccs3)c2C)ccc1N1CCCC1=O. The van der Waals surface area contributed by atoms with E-state index in [1.807, 2.05) is 35.9 Å². The van der Waals surface area contributed by atoms with Crippen molar-refractivity contribution in [2.45, 2.75) is 26.7 Å². The molecular formula is C21H22N4O3S. The molecule has 1 aliphatic heterocycles. The molecule has 2 amide bonds. The number of hydrogen-bond donors (Lipinski definition) is 1. The highest BCUT2D eigenvalue weighted by molar-refractivity contribution is 7.12. The van der Waals surface area contributed by atoms with Crippen LogP contribution in [0.2, 0.25) is 0 Å². The van der Waals surface area contributed by atoms with E-state index in [0.29, 0.717) is 30.0 Å². The molecule has 0 saturated carbocycles. The lowest BCUT2D eigenvalue weighted by atomic mass is 10.2. The van der Waals surface area contributed by atoms with E-state index in [-0.39, 0.29) is 11.8 Å². The molecule has 29 heavy (non-hydrogen) atoms. The Morgan fingerprint density at radius 1 is 1.28 bits per heavy atom. The predicted molar refractivity (Wildman–Crippen MR) is 113 cm³/mol. The highest BCUT2D eigenvalue weighted by Gasteiger charge is 2.25. The van der Waals surface area contributed by atoms with Gasteiger partial charge in [-0.2, -0.15) is 0 Å². The Bertz CT molecular complexity index is 1070. The largest absolute Gasteiger partial charge is 0.494 e. The fraction of sp³-hybridized carbons (Fsp3) is 0.286. The molecule has 3 heterocycles. The van der Waals surface area contributed by atoms with E-state index >= 15 is 0 Å². The summed E-state index contributed by atoms with van der Waals surface area (Å²) in [6.07, 6.45) is 3.14. The van der Waals surface area contributed by atoms with Crippen molar-refractivity contribution in [3.05, 3.63) is 52.8 Å². The third kappa shape index (κ3) is 3.51. The Morgan fingerprint density at radius 3 is 2.76 bits per heavy atom. The Labute approximate surface area is 172 Å². The maximum Gasteiger partial charge on any atom is 0.257 e. The zero-order chi connectivity index (χ0) is 20.5. The summed E-state index contributed by atoms with van der Waals surface area (Å²) in [5.41, 5.74) is 3.72. The molecule has 1 N–H and O–H groups in total. The molecule has 0 bridgehead atoms. The minimum absolute atomic E-state index is 0.0923. The van der Waals surface area contributed by atoms with Crippen LogP contribution in [0.4, 0.5) is 11.4 Å². The van der Waals surface area contributed by atoms with Crippen LogP contribution in [0.15, 0.2) is 35.8 Å². The molecule has 4 rings (SSSR count). The number of aryl methyl sites for hydroxylation is 1. The van der Waals surface area contributed by atoms with Gasteiger partial charge >= 0.3 is 0 Å². The summed E-state index contributed by atoms with van der Waals surface area (Å²) in [4.78, 5) is 31.0. The number of hydrogen-bond acceptors (Lipinski definition) is 5. The molecular weight excluding hydrogens is 388 g/mol. The third-order valence-electron chi connectivity index (χ3n) is 5.09. The highest BCUT2D eigenvalue weighted by Crippen LogP contribution is 2.34. The molecule has 2 aromatic heterocycles. The van der Waals surface area contributed by atoms with E-state index in [0.717, 1.165) is 28.6 Å². The molecule has 0 spiro atoms. The number of nitrogens with one attached hydrogen (secondary N) is 1. The first-order valence-corrected chi connectivity index (χ1v) is 10.3. The number of benzene rings is 1. The minimum atomic E-state index is -0.201. The van der Waals surface area contributed by atoms with Crippen molar-refractivity contribution in [2.75, 3.05) is 23.9 Å². The van der Waals surface area contributed by atoms with Gasteiger partial charge in [-0.25, -0.2) is 4.98 Å². The number of thiazole rings is 1. The molecule has 7 nitrogen and oxygen atoms in total. The van der Waals surface area contributed by atoms with Crippen molar-refractivity contribution < 1.29 is 14.3 Å². The molecule has 1 aromatic carbocycles. The van der Waals surface area contributed by atoms with Crippen LogP contribution in [-0.2, 0) is 4.79 Å². The number of rotatable bonds is 5. The fourth-order valence-electron chi connectivity index (χ4n) is 3.69. The number of nitrogens with zero attached hydrogens (tertiary/aromatic N) is 3. The van der Waals surface area contributed by atoms with Gasteiger partial charge in [0.15, 0.2) is 5.13 Å². The normalized spacial score (nSPS) is 13.8. The van der Waals surface area contributed by atoms with Gasteiger partial charge in [0.1, 0.15) is 5.75 Å². The van der Waals surface area contributed by atoms with Gasteiger partial charge < -0.3 is 15.0 Å². The lowest BCUT2D eigenvalue weighted by molar-refractivity contribution is -0.117. The van der Waals surface area contributed by atoms with Gasteiger partial charge in [-0.1, -0.05) is 0 Å². The second-order valence-corrected chi connectivity index (χ2v) is 7.80. The first kappa shape index (κ1) is 19.2. The minimum Gasteiger partial charge on any atom is -0.494 e. The van der Waals surface area contributed by atoms with Gasteiger partial charge in [0.25, 0.3) is 5.91 Å². The summed E-state index contributed by atoms with van der Waals surface area (Å²) in [6, 6.07) is 7.22. The summed E-state index contributed by atoms with van der Waals surface area (Å²) < 4.78 is 7.45. The zero-order valence-corrected chi connectivity index (χ0v) is 17.4. The lowest BCUT2D eigenvalue weighted by Gasteiger charge is -2.19. The molecule has 0 radical (unpaired) electrons. The van der Waals surface area contributed by atoms with Crippen molar-refractivity contribution in [1.82, 2.24) is 9.55 Å². The van der Waals surface area contributed by atoms with Crippen LogP contribution in [0.25, 0.3) is 5.13 Å². The van der Waals surface area contributed by atoms with E-state index in [1.54, 1.807) is 30.3 Å². The number of methoxy groups -OCH3 is 1. The number of ether oxygens (including phenoxy) is 1. The maximum absolute atomic E-state index is 12.9. The molecule has 1 saturated heterocycles. The quantitative estimate of drug-likeness (QED) is 0.691. The summed E-state index contributed by atoms with van der Waals surface area (Å²) in [6.45, 7) is 4.55. The van der Waals surface area contributed by atoms with Crippen LogP contribution in [0.1, 0.15) is 34.6 Å². The summed E-state index contributed by atoms with van der Waals surface area (Å²) in [7, 11) is 1.56. The van der Waals surface area contributed by atoms with E-state index in [1.165, 1.54) is 11.3 Å². The van der Waals surface area contributed by atoms with Crippen LogP contribution >= 0.6 is 11.3 Å². The highest BCUT2D eigenvalue weighted by atomic mass is 32.1. The summed E-state index contributed by atoms with van der Waals surface area (Å²) in [5.74, 6) is 0.453. The Kier molecular flexibility index (Phi) is 5.10. The second-order valence-electron chi connectivity index (χ2n) is 6.92. The standard InChI is InChI=1S/C21H22N4O3S/c1-13-11-16(14(2)25(13)21-22-8-10-29-21)20(27)23-15-6-7-17(18(12-15)28-3)24-9-4-5-19(24)26/h6-8,10-12H,4-5,9H2,1-3H3,(H,23,27). The number of amides is 2. The molecule has 3 aromatic rings. The monoisotopic (exact) mass is 410 g/mol. The first-order chi connectivity index (χ1) is 14.0. The van der Waals surface area contributed by atoms with E-state index in [4.69, 9.17) is 4.74 Å². The number of anilines is 2. The van der Waals surface area contributed by atoms with Gasteiger partial charge in [-0.3, -0.25) is 14.2 Å². The van der Waals surface area contributed by atoms with Crippen molar-refractivity contribution >= 4 is 34.5 Å². The predicted octanol–water partition coefficient (Wildman–Crippen LogP) is 3.94. The van der Waals surface area contributed by atoms with Crippen molar-refractivity contribution in [2.24, 2.45) is 0 Å². The molecule has 0 aliphatic carbocycles. The van der Waals surface area contributed by atoms with E-state index in [2.05, 4.69) is 10.3 Å². The first-order valence-electron chi connectivity index (χ1n) is 9.38. The Balaban J connectivity index is 1.59.